The van der Waals surface area contributed by atoms with Crippen molar-refractivity contribution >= 4 is 15.9 Å². The lowest BCUT2D eigenvalue weighted by molar-refractivity contribution is 0.458. The van der Waals surface area contributed by atoms with Gasteiger partial charge in [0.15, 0.2) is 0 Å². The van der Waals surface area contributed by atoms with Crippen molar-refractivity contribution in [3.05, 3.63) is 52.6 Å². The van der Waals surface area contributed by atoms with Crippen molar-refractivity contribution in [3.63, 3.8) is 0 Å². The summed E-state index contributed by atoms with van der Waals surface area (Å²) in [4.78, 5) is 4.07. The van der Waals surface area contributed by atoms with Crippen LogP contribution in [0.15, 0.2) is 47.1 Å². The quantitative estimate of drug-likeness (QED) is 0.842. The summed E-state index contributed by atoms with van der Waals surface area (Å²) in [5.74, 6) is 0.953. The number of ether oxygens (including phenoxy) is 1. The van der Waals surface area contributed by atoms with Crippen LogP contribution in [0.2, 0.25) is 0 Å². The predicted molar refractivity (Wildman–Crippen MR) is 63.2 cm³/mol. The first kappa shape index (κ1) is 10.7. The highest BCUT2D eigenvalue weighted by molar-refractivity contribution is 9.10. The van der Waals surface area contributed by atoms with E-state index in [1.54, 1.807) is 30.5 Å². The number of nitriles is 1. The van der Waals surface area contributed by atoms with Crippen molar-refractivity contribution < 1.29 is 4.74 Å². The van der Waals surface area contributed by atoms with Crippen molar-refractivity contribution in [2.24, 2.45) is 0 Å². The van der Waals surface area contributed by atoms with Gasteiger partial charge in [-0.3, -0.25) is 0 Å². The maximum absolute atomic E-state index is 8.90. The van der Waals surface area contributed by atoms with Gasteiger partial charge in [-0.15, -0.1) is 0 Å². The van der Waals surface area contributed by atoms with Crippen LogP contribution in [0.25, 0.3) is 0 Å². The largest absolute Gasteiger partial charge is 0.436 e. The molecule has 0 fully saturated rings. The monoisotopic (exact) mass is 274 g/mol. The maximum Gasteiger partial charge on any atom is 0.233 e. The van der Waals surface area contributed by atoms with E-state index in [1.807, 2.05) is 12.1 Å². The first-order valence-electron chi connectivity index (χ1n) is 4.59. The molecule has 0 aliphatic carbocycles. The van der Waals surface area contributed by atoms with Gasteiger partial charge >= 0.3 is 0 Å². The molecule has 0 atom stereocenters. The van der Waals surface area contributed by atoms with Crippen molar-refractivity contribution in [1.82, 2.24) is 4.98 Å². The number of para-hydroxylation sites is 1. The Hall–Kier alpha value is -1.86. The van der Waals surface area contributed by atoms with Gasteiger partial charge in [-0.05, 0) is 40.2 Å². The van der Waals surface area contributed by atoms with Crippen LogP contribution in [0.3, 0.4) is 0 Å². The molecule has 78 valence electrons. The second-order valence-electron chi connectivity index (χ2n) is 3.00. The lowest BCUT2D eigenvalue weighted by atomic mass is 10.2. The van der Waals surface area contributed by atoms with Gasteiger partial charge in [-0.1, -0.05) is 12.1 Å². The lowest BCUT2D eigenvalue weighted by Crippen LogP contribution is -1.90. The van der Waals surface area contributed by atoms with Gasteiger partial charge in [-0.2, -0.15) is 5.26 Å². The molecule has 16 heavy (non-hydrogen) atoms. The van der Waals surface area contributed by atoms with Gasteiger partial charge in [0.05, 0.1) is 10.0 Å². The fourth-order valence-electron chi connectivity index (χ4n) is 1.20. The van der Waals surface area contributed by atoms with E-state index in [-0.39, 0.29) is 0 Å². The average Bonchev–Trinajstić information content (AvgIpc) is 2.33. The van der Waals surface area contributed by atoms with E-state index in [4.69, 9.17) is 10.00 Å². The summed E-state index contributed by atoms with van der Waals surface area (Å²) in [5.41, 5.74) is 0.486. The highest BCUT2D eigenvalue weighted by atomic mass is 79.9. The Morgan fingerprint density at radius 1 is 1.19 bits per heavy atom. The second-order valence-corrected chi connectivity index (χ2v) is 3.85. The number of rotatable bonds is 2. The van der Waals surface area contributed by atoms with Gasteiger partial charge in [0, 0.05) is 6.20 Å². The van der Waals surface area contributed by atoms with E-state index in [9.17, 15) is 0 Å². The maximum atomic E-state index is 8.90. The van der Waals surface area contributed by atoms with Crippen LogP contribution in [-0.2, 0) is 0 Å². The number of aromatic nitrogens is 1. The van der Waals surface area contributed by atoms with Crippen molar-refractivity contribution in [1.29, 1.82) is 5.26 Å². The van der Waals surface area contributed by atoms with Gasteiger partial charge in [0.1, 0.15) is 11.8 Å². The Kier molecular flexibility index (Phi) is 3.18. The zero-order valence-corrected chi connectivity index (χ0v) is 9.81. The summed E-state index contributed by atoms with van der Waals surface area (Å²) in [7, 11) is 0. The van der Waals surface area contributed by atoms with Gasteiger partial charge in [0.25, 0.3) is 0 Å². The number of halogens is 1. The van der Waals surface area contributed by atoms with Crippen LogP contribution in [-0.4, -0.2) is 4.98 Å². The highest BCUT2D eigenvalue weighted by Gasteiger charge is 2.06. The van der Waals surface area contributed by atoms with E-state index in [0.717, 1.165) is 4.47 Å². The lowest BCUT2D eigenvalue weighted by Gasteiger charge is -2.06. The van der Waals surface area contributed by atoms with Crippen molar-refractivity contribution in [2.45, 2.75) is 0 Å². The topological polar surface area (TPSA) is 45.9 Å². The molecule has 2 rings (SSSR count). The molecule has 0 aliphatic rings. The number of hydrogen-bond acceptors (Lipinski definition) is 3. The van der Waals surface area contributed by atoms with E-state index >= 15 is 0 Å². The zero-order valence-electron chi connectivity index (χ0n) is 8.22. The molecule has 0 bridgehead atoms. The summed E-state index contributed by atoms with van der Waals surface area (Å²) in [6.45, 7) is 0. The number of nitrogens with zero attached hydrogens (tertiary/aromatic N) is 2. The van der Waals surface area contributed by atoms with E-state index in [0.29, 0.717) is 17.2 Å². The third-order valence-corrected chi connectivity index (χ3v) is 2.54. The molecule has 1 heterocycles. The fourth-order valence-corrected chi connectivity index (χ4v) is 1.53. The Morgan fingerprint density at radius 3 is 2.75 bits per heavy atom. The van der Waals surface area contributed by atoms with Crippen LogP contribution >= 0.6 is 15.9 Å². The molecule has 0 amide bonds. The molecule has 1 aromatic heterocycles. The van der Waals surface area contributed by atoms with E-state index in [1.165, 1.54) is 0 Å². The first-order chi connectivity index (χ1) is 7.81. The Bertz CT molecular complexity index is 549. The molecule has 3 nitrogen and oxygen atoms in total. The van der Waals surface area contributed by atoms with Crippen LogP contribution in [0.1, 0.15) is 5.56 Å². The molecule has 0 saturated heterocycles. The summed E-state index contributed by atoms with van der Waals surface area (Å²) in [5, 5.41) is 8.90. The minimum atomic E-state index is 0.449. The predicted octanol–water partition coefficient (Wildman–Crippen LogP) is 3.51. The van der Waals surface area contributed by atoms with Gasteiger partial charge in [0.2, 0.25) is 5.88 Å². The van der Waals surface area contributed by atoms with E-state index in [2.05, 4.69) is 27.0 Å². The molecule has 0 N–H and O–H groups in total. The third-order valence-electron chi connectivity index (χ3n) is 1.94. The molecule has 2 aromatic rings. The number of benzene rings is 1. The molecular weight excluding hydrogens is 268 g/mol. The minimum absolute atomic E-state index is 0.449. The molecule has 0 saturated carbocycles. The Labute approximate surface area is 101 Å². The molecule has 4 heteroatoms. The summed E-state index contributed by atoms with van der Waals surface area (Å²) >= 11 is 3.33. The Balaban J connectivity index is 2.35. The van der Waals surface area contributed by atoms with Crippen LogP contribution in [0.5, 0.6) is 11.6 Å². The van der Waals surface area contributed by atoms with Gasteiger partial charge in [-0.25, -0.2) is 4.98 Å². The van der Waals surface area contributed by atoms with Crippen molar-refractivity contribution in [2.75, 3.05) is 0 Å². The fraction of sp³-hybridized carbons (Fsp3) is 0. The SMILES string of the molecule is N#Cc1ccccc1Oc1ncccc1Br. The number of hydrogen-bond donors (Lipinski definition) is 0. The summed E-state index contributed by atoms with van der Waals surface area (Å²) in [6.07, 6.45) is 1.63. The summed E-state index contributed by atoms with van der Waals surface area (Å²) < 4.78 is 6.30. The van der Waals surface area contributed by atoms with Crippen LogP contribution in [0.4, 0.5) is 0 Å². The molecule has 0 unspecified atom stereocenters. The average molecular weight is 275 g/mol. The molecular formula is C12H7BrN2O. The first-order valence-corrected chi connectivity index (χ1v) is 5.38. The normalized spacial score (nSPS) is 9.50. The third kappa shape index (κ3) is 2.20. The summed E-state index contributed by atoms with van der Waals surface area (Å²) in [6, 6.07) is 12.7. The number of pyridine rings is 1. The molecule has 1 aromatic carbocycles. The molecule has 0 radical (unpaired) electrons. The standard InChI is InChI=1S/C12H7BrN2O/c13-10-5-3-7-15-12(10)16-11-6-2-1-4-9(11)8-14/h1-7H. The van der Waals surface area contributed by atoms with Gasteiger partial charge < -0.3 is 4.74 Å². The van der Waals surface area contributed by atoms with E-state index < -0.39 is 0 Å². The zero-order chi connectivity index (χ0) is 11.4. The Morgan fingerprint density at radius 2 is 2.00 bits per heavy atom. The minimum Gasteiger partial charge on any atom is -0.436 e. The molecule has 0 spiro atoms. The second kappa shape index (κ2) is 4.77. The van der Waals surface area contributed by atoms with Crippen molar-refractivity contribution in [3.8, 4) is 17.7 Å². The smallest absolute Gasteiger partial charge is 0.233 e. The van der Waals surface area contributed by atoms with Crippen LogP contribution in [0, 0.1) is 11.3 Å². The highest BCUT2D eigenvalue weighted by Crippen LogP contribution is 2.28. The van der Waals surface area contributed by atoms with Crippen LogP contribution < -0.4 is 4.74 Å². The molecule has 0 aliphatic heterocycles.